The first-order valence-corrected chi connectivity index (χ1v) is 7.23. The molecule has 0 aliphatic heterocycles. The van der Waals surface area contributed by atoms with Crippen molar-refractivity contribution < 1.29 is 0 Å². The summed E-state index contributed by atoms with van der Waals surface area (Å²) in [5.74, 6) is 0. The number of rotatable bonds is 1. The zero-order valence-corrected chi connectivity index (χ0v) is 11.6. The fourth-order valence-electron chi connectivity index (χ4n) is 1.26. The average Bonchev–Trinajstić information content (AvgIpc) is 2.41. The van der Waals surface area contributed by atoms with Crippen LogP contribution in [0.25, 0.3) is 11.1 Å². The van der Waals surface area contributed by atoms with Gasteiger partial charge in [-0.15, -0.1) is 11.7 Å². The van der Waals surface area contributed by atoms with E-state index in [1.54, 1.807) is 0 Å². The van der Waals surface area contributed by atoms with Gasteiger partial charge in [0, 0.05) is 0 Å². The van der Waals surface area contributed by atoms with Gasteiger partial charge in [0.2, 0.25) is 0 Å². The lowest BCUT2D eigenvalue weighted by molar-refractivity contribution is 1.62. The van der Waals surface area contributed by atoms with E-state index in [0.717, 1.165) is 10.8 Å². The molecule has 0 spiro atoms. The van der Waals surface area contributed by atoms with Crippen LogP contribution in [0.4, 0.5) is 0 Å². The van der Waals surface area contributed by atoms with Crippen molar-refractivity contribution in [1.82, 2.24) is 0 Å². The lowest BCUT2D eigenvalue weighted by atomic mass is 10.1. The molecule has 0 saturated heterocycles. The SMILES string of the molecule is NC(=S)SS.c1ccc(-c2ccccc2)cc1. The molecule has 0 radical (unpaired) electrons. The molecule has 0 heterocycles. The zero-order valence-electron chi connectivity index (χ0n) is 9.11. The molecule has 0 fully saturated rings. The van der Waals surface area contributed by atoms with Crippen LogP contribution < -0.4 is 5.73 Å². The molecule has 0 bridgehead atoms. The minimum atomic E-state index is 0.369. The third-order valence-electron chi connectivity index (χ3n) is 1.97. The second-order valence-electron chi connectivity index (χ2n) is 3.14. The lowest BCUT2D eigenvalue weighted by Gasteiger charge is -1.98. The lowest BCUT2D eigenvalue weighted by Crippen LogP contribution is -1.97. The van der Waals surface area contributed by atoms with Crippen molar-refractivity contribution in [3.05, 3.63) is 60.7 Å². The highest BCUT2D eigenvalue weighted by molar-refractivity contribution is 8.76. The minimum absolute atomic E-state index is 0.369. The van der Waals surface area contributed by atoms with Gasteiger partial charge < -0.3 is 5.73 Å². The standard InChI is InChI=1S/C12H10.CH3NS3/c1-3-7-11(8-4-1)12-9-5-2-6-10-12;2-1(3)5-4/h1-10H;4H,(H2,2,3). The molecule has 88 valence electrons. The van der Waals surface area contributed by atoms with E-state index in [1.807, 2.05) is 12.1 Å². The second kappa shape index (κ2) is 8.17. The van der Waals surface area contributed by atoms with Gasteiger partial charge in [0.15, 0.2) is 0 Å². The first-order chi connectivity index (χ1) is 8.24. The summed E-state index contributed by atoms with van der Waals surface area (Å²) in [6.45, 7) is 0. The highest BCUT2D eigenvalue weighted by Gasteiger charge is 1.91. The van der Waals surface area contributed by atoms with Crippen LogP contribution in [0.3, 0.4) is 0 Å². The number of hydrogen-bond donors (Lipinski definition) is 2. The Morgan fingerprint density at radius 3 is 1.41 bits per heavy atom. The van der Waals surface area contributed by atoms with Crippen molar-refractivity contribution >= 4 is 39.0 Å². The Morgan fingerprint density at radius 1 is 0.882 bits per heavy atom. The summed E-state index contributed by atoms with van der Waals surface area (Å²) in [6.07, 6.45) is 0. The number of nitrogens with two attached hydrogens (primary N) is 1. The molecular weight excluding hydrogens is 266 g/mol. The monoisotopic (exact) mass is 279 g/mol. The van der Waals surface area contributed by atoms with Crippen LogP contribution >= 0.6 is 34.7 Å². The van der Waals surface area contributed by atoms with Crippen molar-refractivity contribution in [3.8, 4) is 11.1 Å². The number of benzene rings is 2. The Kier molecular flexibility index (Phi) is 6.77. The van der Waals surface area contributed by atoms with Crippen LogP contribution in [-0.4, -0.2) is 4.32 Å². The molecule has 4 heteroatoms. The smallest absolute Gasteiger partial charge is 0.141 e. The zero-order chi connectivity index (χ0) is 12.5. The van der Waals surface area contributed by atoms with Crippen molar-refractivity contribution in [1.29, 1.82) is 0 Å². The van der Waals surface area contributed by atoms with Gasteiger partial charge >= 0.3 is 0 Å². The third kappa shape index (κ3) is 5.77. The predicted molar refractivity (Wildman–Crippen MR) is 85.2 cm³/mol. The summed E-state index contributed by atoms with van der Waals surface area (Å²) in [7, 11) is 1.08. The van der Waals surface area contributed by atoms with Crippen LogP contribution in [0.2, 0.25) is 0 Å². The van der Waals surface area contributed by atoms with E-state index in [1.165, 1.54) is 11.1 Å². The molecule has 0 amide bonds. The van der Waals surface area contributed by atoms with Crippen LogP contribution in [0, 0.1) is 0 Å². The molecule has 0 saturated carbocycles. The van der Waals surface area contributed by atoms with Gasteiger partial charge in [0.05, 0.1) is 0 Å². The normalized spacial score (nSPS) is 9.00. The highest BCUT2D eigenvalue weighted by Crippen LogP contribution is 2.17. The topological polar surface area (TPSA) is 26.0 Å². The maximum atomic E-state index is 4.91. The van der Waals surface area contributed by atoms with Gasteiger partial charge in [-0.25, -0.2) is 0 Å². The quantitative estimate of drug-likeness (QED) is 0.466. The molecule has 17 heavy (non-hydrogen) atoms. The van der Waals surface area contributed by atoms with E-state index >= 15 is 0 Å². The van der Waals surface area contributed by atoms with E-state index in [-0.39, 0.29) is 0 Å². The van der Waals surface area contributed by atoms with Gasteiger partial charge in [-0.2, -0.15) is 0 Å². The fourth-order valence-corrected chi connectivity index (χ4v) is 1.26. The van der Waals surface area contributed by atoms with Crippen molar-refractivity contribution in [3.63, 3.8) is 0 Å². The second-order valence-corrected chi connectivity index (χ2v) is 5.01. The fraction of sp³-hybridized carbons (Fsp3) is 0. The summed E-state index contributed by atoms with van der Waals surface area (Å²) in [6, 6.07) is 20.8. The van der Waals surface area contributed by atoms with Crippen molar-refractivity contribution in [2.45, 2.75) is 0 Å². The first kappa shape index (κ1) is 14.1. The van der Waals surface area contributed by atoms with E-state index in [0.29, 0.717) is 4.32 Å². The van der Waals surface area contributed by atoms with Gasteiger partial charge in [0.1, 0.15) is 4.32 Å². The van der Waals surface area contributed by atoms with E-state index in [4.69, 9.17) is 5.73 Å². The maximum Gasteiger partial charge on any atom is 0.141 e. The van der Waals surface area contributed by atoms with E-state index in [9.17, 15) is 0 Å². The minimum Gasteiger partial charge on any atom is -0.384 e. The number of thiol groups is 1. The number of thiocarbonyl (C=S) groups is 1. The molecule has 2 aromatic carbocycles. The van der Waals surface area contributed by atoms with E-state index < -0.39 is 0 Å². The predicted octanol–water partition coefficient (Wildman–Crippen LogP) is 4.16. The molecule has 0 aromatic heterocycles. The Labute approximate surface area is 116 Å². The van der Waals surface area contributed by atoms with Gasteiger partial charge in [0.25, 0.3) is 0 Å². The molecule has 2 N–H and O–H groups in total. The highest BCUT2D eigenvalue weighted by atomic mass is 33.1. The summed E-state index contributed by atoms with van der Waals surface area (Å²) in [5.41, 5.74) is 7.46. The molecule has 0 atom stereocenters. The number of hydrogen-bond acceptors (Lipinski definition) is 3. The Morgan fingerprint density at radius 2 is 1.18 bits per heavy atom. The van der Waals surface area contributed by atoms with Crippen LogP contribution in [0.15, 0.2) is 60.7 Å². The van der Waals surface area contributed by atoms with Gasteiger partial charge in [-0.1, -0.05) is 72.9 Å². The van der Waals surface area contributed by atoms with Crippen LogP contribution in [0.1, 0.15) is 0 Å². The van der Waals surface area contributed by atoms with Gasteiger partial charge in [-0.3, -0.25) is 0 Å². The van der Waals surface area contributed by atoms with Crippen LogP contribution in [-0.2, 0) is 0 Å². The largest absolute Gasteiger partial charge is 0.384 e. The Hall–Kier alpha value is -0.970. The molecule has 1 nitrogen and oxygen atoms in total. The summed E-state index contributed by atoms with van der Waals surface area (Å²) in [4.78, 5) is 0. The van der Waals surface area contributed by atoms with Crippen molar-refractivity contribution in [2.75, 3.05) is 0 Å². The average molecular weight is 279 g/mol. The Balaban J connectivity index is 0.000000249. The molecule has 0 unspecified atom stereocenters. The molecular formula is C13H13NS3. The van der Waals surface area contributed by atoms with Gasteiger partial charge in [-0.05, 0) is 21.9 Å². The summed E-state index contributed by atoms with van der Waals surface area (Å²) < 4.78 is 0.369. The maximum absolute atomic E-state index is 4.91. The molecule has 0 aliphatic rings. The molecule has 0 aliphatic carbocycles. The molecule has 2 rings (SSSR count). The van der Waals surface area contributed by atoms with Crippen molar-refractivity contribution in [2.24, 2.45) is 5.73 Å². The third-order valence-corrected chi connectivity index (χ3v) is 3.36. The van der Waals surface area contributed by atoms with Crippen LogP contribution in [0.5, 0.6) is 0 Å². The first-order valence-electron chi connectivity index (χ1n) is 4.95. The molecule has 2 aromatic rings. The summed E-state index contributed by atoms with van der Waals surface area (Å²) in [5, 5.41) is 0. The van der Waals surface area contributed by atoms with E-state index in [2.05, 4.69) is 72.4 Å². The Bertz CT molecular complexity index is 405. The summed E-state index contributed by atoms with van der Waals surface area (Å²) >= 11 is 8.03.